The number of nitrogens with zero attached hydrogens (tertiary/aromatic N) is 1. The van der Waals surface area contributed by atoms with Crippen LogP contribution in [0.4, 0.5) is 0 Å². The van der Waals surface area contributed by atoms with E-state index in [1.54, 1.807) is 12.2 Å². The first-order chi connectivity index (χ1) is 10.1. The molecule has 4 heteroatoms. The quantitative estimate of drug-likeness (QED) is 0.863. The molecule has 1 saturated heterocycles. The fraction of sp³-hybridized carbons (Fsp3) is 0.353. The van der Waals surface area contributed by atoms with Crippen molar-refractivity contribution in [2.75, 3.05) is 6.54 Å². The molecule has 1 aromatic heterocycles. The van der Waals surface area contributed by atoms with E-state index in [-0.39, 0.29) is 18.0 Å². The fourth-order valence-electron chi connectivity index (χ4n) is 2.87. The topological polar surface area (TPSA) is 59.5 Å². The van der Waals surface area contributed by atoms with Gasteiger partial charge >= 0.3 is 0 Å². The smallest absolute Gasteiger partial charge is 0.246 e. The van der Waals surface area contributed by atoms with Crippen LogP contribution < -0.4 is 5.73 Å². The molecule has 2 N–H and O–H groups in total. The first kappa shape index (κ1) is 13.9. The Labute approximate surface area is 124 Å². The zero-order valence-electron chi connectivity index (χ0n) is 12.2. The number of carbonyl (C=O) groups excluding carboxylic acids is 1. The summed E-state index contributed by atoms with van der Waals surface area (Å²) in [7, 11) is 0. The van der Waals surface area contributed by atoms with Crippen molar-refractivity contribution in [1.29, 1.82) is 0 Å². The number of amides is 1. The molecule has 0 aliphatic carbocycles. The van der Waals surface area contributed by atoms with Gasteiger partial charge in [0.15, 0.2) is 0 Å². The molecule has 1 aromatic carbocycles. The maximum absolute atomic E-state index is 12.3. The molecule has 2 aromatic rings. The Morgan fingerprint density at radius 2 is 2.24 bits per heavy atom. The van der Waals surface area contributed by atoms with Crippen molar-refractivity contribution >= 4 is 23.0 Å². The van der Waals surface area contributed by atoms with E-state index in [2.05, 4.69) is 0 Å². The highest BCUT2D eigenvalue weighted by atomic mass is 16.3. The highest BCUT2D eigenvalue weighted by Crippen LogP contribution is 2.20. The molecule has 1 aliphatic heterocycles. The van der Waals surface area contributed by atoms with E-state index < -0.39 is 0 Å². The van der Waals surface area contributed by atoms with Gasteiger partial charge < -0.3 is 15.1 Å². The highest BCUT2D eigenvalue weighted by molar-refractivity contribution is 5.92. The summed E-state index contributed by atoms with van der Waals surface area (Å²) in [6.07, 6.45) is 5.06. The Hall–Kier alpha value is -2.07. The van der Waals surface area contributed by atoms with Gasteiger partial charge in [-0.1, -0.05) is 18.2 Å². The number of hydrogen-bond acceptors (Lipinski definition) is 3. The normalized spacial score (nSPS) is 23.0. The minimum atomic E-state index is 0.0230. The number of piperidine rings is 1. The van der Waals surface area contributed by atoms with Crippen LogP contribution in [0.5, 0.6) is 0 Å². The van der Waals surface area contributed by atoms with E-state index in [9.17, 15) is 4.79 Å². The highest BCUT2D eigenvalue weighted by Gasteiger charge is 2.25. The summed E-state index contributed by atoms with van der Waals surface area (Å²) in [6, 6.07) is 10.2. The first-order valence-electron chi connectivity index (χ1n) is 7.36. The van der Waals surface area contributed by atoms with Gasteiger partial charge in [0.2, 0.25) is 5.91 Å². The number of furan rings is 1. The van der Waals surface area contributed by atoms with Crippen molar-refractivity contribution in [3.05, 3.63) is 42.2 Å². The maximum atomic E-state index is 12.3. The largest absolute Gasteiger partial charge is 0.457 e. The van der Waals surface area contributed by atoms with E-state index in [0.29, 0.717) is 5.76 Å². The van der Waals surface area contributed by atoms with Crippen LogP contribution in [-0.2, 0) is 4.79 Å². The number of fused-ring (bicyclic) bond motifs is 1. The number of carbonyl (C=O) groups is 1. The monoisotopic (exact) mass is 284 g/mol. The van der Waals surface area contributed by atoms with Gasteiger partial charge in [-0.05, 0) is 38.0 Å². The summed E-state index contributed by atoms with van der Waals surface area (Å²) in [6.45, 7) is 2.78. The number of para-hydroxylation sites is 1. The van der Waals surface area contributed by atoms with Crippen molar-refractivity contribution < 1.29 is 9.21 Å². The van der Waals surface area contributed by atoms with E-state index in [1.165, 1.54) is 0 Å². The molecule has 21 heavy (non-hydrogen) atoms. The number of nitrogens with two attached hydrogens (primary N) is 1. The summed E-state index contributed by atoms with van der Waals surface area (Å²) in [5.41, 5.74) is 6.76. The molecule has 0 bridgehead atoms. The summed E-state index contributed by atoms with van der Waals surface area (Å²) >= 11 is 0. The van der Waals surface area contributed by atoms with Gasteiger partial charge in [0, 0.05) is 30.1 Å². The summed E-state index contributed by atoms with van der Waals surface area (Å²) in [5.74, 6) is 0.723. The molecule has 3 rings (SSSR count). The van der Waals surface area contributed by atoms with Crippen molar-refractivity contribution in [1.82, 2.24) is 4.90 Å². The molecule has 0 saturated carbocycles. The Bertz CT molecular complexity index is 641. The lowest BCUT2D eigenvalue weighted by Crippen LogP contribution is -2.47. The molecule has 1 amide bonds. The molecule has 110 valence electrons. The van der Waals surface area contributed by atoms with Crippen molar-refractivity contribution in [2.45, 2.75) is 31.8 Å². The Morgan fingerprint density at radius 3 is 3.00 bits per heavy atom. The van der Waals surface area contributed by atoms with E-state index in [0.717, 1.165) is 30.4 Å². The van der Waals surface area contributed by atoms with Crippen molar-refractivity contribution in [2.24, 2.45) is 5.73 Å². The van der Waals surface area contributed by atoms with Crippen LogP contribution in [0.2, 0.25) is 0 Å². The lowest BCUT2D eigenvalue weighted by Gasteiger charge is -2.35. The predicted octanol–water partition coefficient (Wildman–Crippen LogP) is 2.78. The predicted molar refractivity (Wildman–Crippen MR) is 83.6 cm³/mol. The van der Waals surface area contributed by atoms with Gasteiger partial charge in [-0.2, -0.15) is 0 Å². The molecule has 1 aliphatic rings. The fourth-order valence-corrected chi connectivity index (χ4v) is 2.87. The molecule has 2 heterocycles. The first-order valence-corrected chi connectivity index (χ1v) is 7.36. The third-order valence-corrected chi connectivity index (χ3v) is 4.03. The lowest BCUT2D eigenvalue weighted by atomic mass is 9.99. The molecule has 2 atom stereocenters. The van der Waals surface area contributed by atoms with Crippen molar-refractivity contribution in [3.8, 4) is 0 Å². The second kappa shape index (κ2) is 5.74. The van der Waals surface area contributed by atoms with Crippen molar-refractivity contribution in [3.63, 3.8) is 0 Å². The van der Waals surface area contributed by atoms with Crippen LogP contribution in [-0.4, -0.2) is 29.4 Å². The minimum absolute atomic E-state index is 0.0230. The van der Waals surface area contributed by atoms with Crippen LogP contribution in [0.25, 0.3) is 17.0 Å². The van der Waals surface area contributed by atoms with Gasteiger partial charge in [0.25, 0.3) is 0 Å². The second-order valence-electron chi connectivity index (χ2n) is 5.69. The molecule has 0 spiro atoms. The second-order valence-corrected chi connectivity index (χ2v) is 5.69. The van der Waals surface area contributed by atoms with E-state index in [1.807, 2.05) is 42.2 Å². The van der Waals surface area contributed by atoms with Gasteiger partial charge in [0.05, 0.1) is 0 Å². The summed E-state index contributed by atoms with van der Waals surface area (Å²) in [5, 5.41) is 1.04. The van der Waals surface area contributed by atoms with Crippen LogP contribution in [0.15, 0.2) is 40.8 Å². The zero-order valence-corrected chi connectivity index (χ0v) is 12.2. The molecular weight excluding hydrogens is 264 g/mol. The number of hydrogen-bond donors (Lipinski definition) is 1. The van der Waals surface area contributed by atoms with Gasteiger partial charge in [-0.25, -0.2) is 0 Å². The van der Waals surface area contributed by atoms with Crippen LogP contribution in [0.1, 0.15) is 25.5 Å². The van der Waals surface area contributed by atoms with E-state index >= 15 is 0 Å². The van der Waals surface area contributed by atoms with E-state index in [4.69, 9.17) is 10.2 Å². The zero-order chi connectivity index (χ0) is 14.8. The molecule has 0 radical (unpaired) electrons. The summed E-state index contributed by atoms with van der Waals surface area (Å²) < 4.78 is 5.67. The van der Waals surface area contributed by atoms with Gasteiger partial charge in [0.1, 0.15) is 11.3 Å². The van der Waals surface area contributed by atoms with Crippen LogP contribution in [0, 0.1) is 0 Å². The Balaban J connectivity index is 1.71. The lowest BCUT2D eigenvalue weighted by molar-refractivity contribution is -0.129. The average Bonchev–Trinajstić information content (AvgIpc) is 2.87. The Morgan fingerprint density at radius 1 is 1.43 bits per heavy atom. The van der Waals surface area contributed by atoms with Gasteiger partial charge in [-0.15, -0.1) is 0 Å². The average molecular weight is 284 g/mol. The minimum Gasteiger partial charge on any atom is -0.457 e. The summed E-state index contributed by atoms with van der Waals surface area (Å²) in [4.78, 5) is 14.1. The molecular formula is C17H20N2O2. The number of rotatable bonds is 2. The Kier molecular flexibility index (Phi) is 3.80. The molecule has 2 unspecified atom stereocenters. The SMILES string of the molecule is CC1CC(N)CCN1C(=O)C=Cc1cc2ccccc2o1. The molecule has 4 nitrogen and oxygen atoms in total. The third kappa shape index (κ3) is 3.00. The number of likely N-dealkylation sites (tertiary alicyclic amines) is 1. The molecule has 1 fully saturated rings. The van der Waals surface area contributed by atoms with Crippen LogP contribution in [0.3, 0.4) is 0 Å². The third-order valence-electron chi connectivity index (χ3n) is 4.03. The maximum Gasteiger partial charge on any atom is 0.246 e. The number of benzene rings is 1. The van der Waals surface area contributed by atoms with Crippen LogP contribution >= 0.6 is 0 Å². The standard InChI is InChI=1S/C17H20N2O2/c1-12-10-14(18)8-9-19(12)17(20)7-6-15-11-13-4-2-3-5-16(13)21-15/h2-7,11-12,14H,8-10,18H2,1H3. The van der Waals surface area contributed by atoms with Gasteiger partial charge in [-0.3, -0.25) is 4.79 Å².